The Balaban J connectivity index is 1.63. The molecule has 4 heterocycles. The summed E-state index contributed by atoms with van der Waals surface area (Å²) < 4.78 is 3.53. The maximum absolute atomic E-state index is 13.3. The highest BCUT2D eigenvalue weighted by atomic mass is 16.2. The molecule has 0 aliphatic carbocycles. The summed E-state index contributed by atoms with van der Waals surface area (Å²) in [7, 11) is 0. The van der Waals surface area contributed by atoms with Gasteiger partial charge in [-0.25, -0.2) is 14.3 Å². The monoisotopic (exact) mass is 485 g/mol. The molecular formula is C27H31N7O2. The van der Waals surface area contributed by atoms with Crippen LogP contribution >= 0.6 is 0 Å². The van der Waals surface area contributed by atoms with Crippen LogP contribution in [0.2, 0.25) is 0 Å². The van der Waals surface area contributed by atoms with Gasteiger partial charge in [0.15, 0.2) is 5.65 Å². The lowest BCUT2D eigenvalue weighted by Gasteiger charge is -2.20. The Labute approximate surface area is 209 Å². The Hall–Kier alpha value is -4.01. The lowest BCUT2D eigenvalue weighted by Crippen LogP contribution is -2.32. The second-order valence-electron chi connectivity index (χ2n) is 11.1. The number of hydrogen-bond donors (Lipinski definition) is 2. The number of benzene rings is 1. The van der Waals surface area contributed by atoms with E-state index in [2.05, 4.69) is 41.4 Å². The highest BCUT2D eigenvalue weighted by molar-refractivity contribution is 6.00. The molecular weight excluding hydrogens is 454 g/mol. The predicted molar refractivity (Wildman–Crippen MR) is 140 cm³/mol. The summed E-state index contributed by atoms with van der Waals surface area (Å²) in [5.41, 5.74) is 3.76. The molecule has 1 aliphatic rings. The van der Waals surface area contributed by atoms with E-state index < -0.39 is 5.54 Å². The molecule has 1 amide bonds. The zero-order valence-electron chi connectivity index (χ0n) is 21.7. The van der Waals surface area contributed by atoms with Crippen LogP contribution in [0.15, 0.2) is 47.5 Å². The molecule has 0 fully saturated rings. The first kappa shape index (κ1) is 23.7. The fourth-order valence-electron chi connectivity index (χ4n) is 4.64. The standard InChI is InChI=1S/C27H31N7O2/c1-15(2)33-24(36)19-14-29-25(30-16-8-9-20-18(12-16)23(35)32-27(20,6)7)31-22(19)34(33)17-10-11-28-21(13-17)26(3,4)5/h8-15H,1-7H3,(H,32,35)(H,29,30,31). The van der Waals surface area contributed by atoms with Crippen LogP contribution in [0.4, 0.5) is 11.6 Å². The maximum atomic E-state index is 13.3. The fraction of sp³-hybridized carbons (Fsp3) is 0.370. The van der Waals surface area contributed by atoms with Crippen molar-refractivity contribution in [1.29, 1.82) is 0 Å². The summed E-state index contributed by atoms with van der Waals surface area (Å²) >= 11 is 0. The van der Waals surface area contributed by atoms with Crippen molar-refractivity contribution in [3.05, 3.63) is 69.9 Å². The topological polar surface area (TPSA) is 107 Å². The van der Waals surface area contributed by atoms with Crippen LogP contribution < -0.4 is 16.2 Å². The minimum atomic E-state index is -0.410. The Bertz CT molecular complexity index is 1570. The van der Waals surface area contributed by atoms with Crippen LogP contribution in [0, 0.1) is 0 Å². The van der Waals surface area contributed by atoms with Gasteiger partial charge in [0.1, 0.15) is 5.39 Å². The van der Waals surface area contributed by atoms with Gasteiger partial charge in [-0.15, -0.1) is 0 Å². The molecule has 0 unspecified atom stereocenters. The third-order valence-corrected chi connectivity index (χ3v) is 6.49. The van der Waals surface area contributed by atoms with Crippen LogP contribution in [0.1, 0.15) is 76.1 Å². The Kier molecular flexibility index (Phi) is 5.28. The largest absolute Gasteiger partial charge is 0.343 e. The summed E-state index contributed by atoms with van der Waals surface area (Å²) in [5, 5.41) is 6.63. The summed E-state index contributed by atoms with van der Waals surface area (Å²) in [6, 6.07) is 9.41. The molecule has 0 radical (unpaired) electrons. The highest BCUT2D eigenvalue weighted by Crippen LogP contribution is 2.33. The first-order valence-corrected chi connectivity index (χ1v) is 12.1. The fourth-order valence-corrected chi connectivity index (χ4v) is 4.64. The maximum Gasteiger partial charge on any atom is 0.278 e. The second kappa shape index (κ2) is 8.01. The number of nitrogens with one attached hydrogen (secondary N) is 2. The second-order valence-corrected chi connectivity index (χ2v) is 11.1. The molecule has 186 valence electrons. The SMILES string of the molecule is CC(C)n1c(=O)c2cnc(Nc3ccc4c(c3)C(=O)NC4(C)C)nc2n1-c1ccnc(C(C)(C)C)c1. The van der Waals surface area contributed by atoms with Gasteiger partial charge in [0.2, 0.25) is 5.95 Å². The molecule has 0 spiro atoms. The lowest BCUT2D eigenvalue weighted by atomic mass is 9.91. The van der Waals surface area contributed by atoms with E-state index in [1.165, 1.54) is 0 Å². The van der Waals surface area contributed by atoms with E-state index in [0.717, 1.165) is 16.9 Å². The van der Waals surface area contributed by atoms with Crippen LogP contribution in [0.5, 0.6) is 0 Å². The smallest absolute Gasteiger partial charge is 0.278 e. The first-order chi connectivity index (χ1) is 16.9. The van der Waals surface area contributed by atoms with Gasteiger partial charge in [-0.05, 0) is 57.5 Å². The van der Waals surface area contributed by atoms with Crippen LogP contribution in [0.3, 0.4) is 0 Å². The van der Waals surface area contributed by atoms with Crippen LogP contribution in [-0.2, 0) is 11.0 Å². The van der Waals surface area contributed by atoms with E-state index in [-0.39, 0.29) is 22.9 Å². The summed E-state index contributed by atoms with van der Waals surface area (Å²) in [6.45, 7) is 14.2. The number of carbonyl (C=O) groups excluding carboxylic acids is 1. The number of nitrogens with zero attached hydrogens (tertiary/aromatic N) is 5. The minimum absolute atomic E-state index is 0.104. The van der Waals surface area contributed by atoms with Gasteiger partial charge < -0.3 is 10.6 Å². The van der Waals surface area contributed by atoms with E-state index in [1.54, 1.807) is 23.1 Å². The van der Waals surface area contributed by atoms with E-state index in [9.17, 15) is 9.59 Å². The number of fused-ring (bicyclic) bond motifs is 2. The molecule has 4 aromatic rings. The number of aromatic nitrogens is 5. The third kappa shape index (κ3) is 3.84. The minimum Gasteiger partial charge on any atom is -0.343 e. The van der Waals surface area contributed by atoms with E-state index in [1.807, 2.05) is 56.6 Å². The number of carbonyl (C=O) groups is 1. The summed E-state index contributed by atoms with van der Waals surface area (Å²) in [4.78, 5) is 39.5. The zero-order chi connectivity index (χ0) is 26.0. The normalized spacial score (nSPS) is 14.8. The highest BCUT2D eigenvalue weighted by Gasteiger charge is 2.35. The number of rotatable bonds is 4. The van der Waals surface area contributed by atoms with Crippen molar-refractivity contribution < 1.29 is 4.79 Å². The molecule has 5 rings (SSSR count). The van der Waals surface area contributed by atoms with Crippen molar-refractivity contribution in [2.45, 2.75) is 65.5 Å². The Morgan fingerprint density at radius 3 is 2.50 bits per heavy atom. The zero-order valence-corrected chi connectivity index (χ0v) is 21.7. The lowest BCUT2D eigenvalue weighted by molar-refractivity contribution is 0.0940. The Morgan fingerprint density at radius 1 is 1.06 bits per heavy atom. The average Bonchev–Trinajstić information content (AvgIpc) is 3.22. The van der Waals surface area contributed by atoms with Crippen molar-refractivity contribution >= 4 is 28.6 Å². The number of hydrogen-bond acceptors (Lipinski definition) is 6. The van der Waals surface area contributed by atoms with Gasteiger partial charge in [-0.3, -0.25) is 14.6 Å². The van der Waals surface area contributed by atoms with E-state index in [4.69, 9.17) is 4.98 Å². The van der Waals surface area contributed by atoms with Gasteiger partial charge in [-0.2, -0.15) is 4.98 Å². The van der Waals surface area contributed by atoms with Crippen LogP contribution in [-0.4, -0.2) is 30.2 Å². The third-order valence-electron chi connectivity index (χ3n) is 6.49. The molecule has 1 aromatic carbocycles. The number of amides is 1. The van der Waals surface area contributed by atoms with Crippen molar-refractivity contribution in [3.63, 3.8) is 0 Å². The van der Waals surface area contributed by atoms with Gasteiger partial charge in [0, 0.05) is 40.8 Å². The molecule has 1 aliphatic heterocycles. The van der Waals surface area contributed by atoms with Gasteiger partial charge in [-0.1, -0.05) is 26.8 Å². The molecule has 9 heteroatoms. The summed E-state index contributed by atoms with van der Waals surface area (Å²) in [5.74, 6) is 0.227. The van der Waals surface area contributed by atoms with Crippen molar-refractivity contribution in [1.82, 2.24) is 29.6 Å². The average molecular weight is 486 g/mol. The Morgan fingerprint density at radius 2 is 1.81 bits per heavy atom. The summed E-state index contributed by atoms with van der Waals surface area (Å²) in [6.07, 6.45) is 3.31. The molecule has 9 nitrogen and oxygen atoms in total. The van der Waals surface area contributed by atoms with Gasteiger partial charge >= 0.3 is 0 Å². The van der Waals surface area contributed by atoms with Gasteiger partial charge in [0.05, 0.1) is 11.2 Å². The molecule has 2 N–H and O–H groups in total. The molecule has 3 aromatic heterocycles. The number of anilines is 2. The first-order valence-electron chi connectivity index (χ1n) is 12.1. The molecule has 36 heavy (non-hydrogen) atoms. The number of pyridine rings is 1. The van der Waals surface area contributed by atoms with Crippen molar-refractivity contribution in [2.24, 2.45) is 0 Å². The van der Waals surface area contributed by atoms with E-state index >= 15 is 0 Å². The molecule has 0 saturated heterocycles. The van der Waals surface area contributed by atoms with Crippen LogP contribution in [0.25, 0.3) is 16.7 Å². The molecule has 0 saturated carbocycles. The van der Waals surface area contributed by atoms with Crippen molar-refractivity contribution in [3.8, 4) is 5.69 Å². The quantitative estimate of drug-likeness (QED) is 0.438. The molecule has 0 atom stereocenters. The molecule has 0 bridgehead atoms. The van der Waals surface area contributed by atoms with Crippen molar-refractivity contribution in [2.75, 3.05) is 5.32 Å². The van der Waals surface area contributed by atoms with E-state index in [0.29, 0.717) is 28.2 Å². The van der Waals surface area contributed by atoms with Gasteiger partial charge in [0.25, 0.3) is 11.5 Å². The predicted octanol–water partition coefficient (Wildman–Crippen LogP) is 4.58.